The Labute approximate surface area is 127 Å². The van der Waals surface area contributed by atoms with Crippen molar-refractivity contribution in [3.05, 3.63) is 70.9 Å². The van der Waals surface area contributed by atoms with Crippen LogP contribution < -0.4 is 0 Å². The van der Waals surface area contributed by atoms with Gasteiger partial charge in [-0.05, 0) is 29.3 Å². The van der Waals surface area contributed by atoms with Gasteiger partial charge in [0.05, 0.1) is 6.42 Å². The van der Waals surface area contributed by atoms with Crippen LogP contribution in [0.25, 0.3) is 10.9 Å². The molecule has 3 aromatic rings. The van der Waals surface area contributed by atoms with Gasteiger partial charge >= 0.3 is 5.97 Å². The smallest absolute Gasteiger partial charge is 0.307 e. The van der Waals surface area contributed by atoms with E-state index in [0.717, 1.165) is 16.5 Å². The summed E-state index contributed by atoms with van der Waals surface area (Å²) in [5.74, 6) is -0.839. The molecule has 0 radical (unpaired) electrons. The van der Waals surface area contributed by atoms with Crippen molar-refractivity contribution in [2.75, 3.05) is 0 Å². The Morgan fingerprint density at radius 3 is 2.62 bits per heavy atom. The van der Waals surface area contributed by atoms with Gasteiger partial charge in [0.2, 0.25) is 0 Å². The van der Waals surface area contributed by atoms with Gasteiger partial charge in [-0.3, -0.25) is 4.79 Å². The number of hydrogen-bond donors (Lipinski definition) is 1. The van der Waals surface area contributed by atoms with Gasteiger partial charge in [0.15, 0.2) is 0 Å². The first-order chi connectivity index (χ1) is 10.1. The Balaban J connectivity index is 2.08. The highest BCUT2D eigenvalue weighted by Crippen LogP contribution is 2.26. The molecule has 0 unspecified atom stereocenters. The zero-order valence-corrected chi connectivity index (χ0v) is 12.0. The molecule has 106 valence electrons. The van der Waals surface area contributed by atoms with Crippen molar-refractivity contribution < 1.29 is 9.90 Å². The Hall–Kier alpha value is -2.26. The van der Waals surface area contributed by atoms with Gasteiger partial charge in [-0.25, -0.2) is 0 Å². The predicted molar refractivity (Wildman–Crippen MR) is 83.8 cm³/mol. The number of aromatic nitrogens is 1. The van der Waals surface area contributed by atoms with Gasteiger partial charge in [0.25, 0.3) is 0 Å². The standard InChI is InChI=1S/C17H14ClNO2/c18-14-6-7-16-15(9-14)13(8-17(20)21)11-19(16)10-12-4-2-1-3-5-12/h1-7,9,11H,8,10H2,(H,20,21). The zero-order valence-electron chi connectivity index (χ0n) is 11.3. The summed E-state index contributed by atoms with van der Waals surface area (Å²) in [4.78, 5) is 11.0. The molecule has 0 saturated carbocycles. The van der Waals surface area contributed by atoms with Crippen LogP contribution in [0, 0.1) is 0 Å². The summed E-state index contributed by atoms with van der Waals surface area (Å²) in [6.45, 7) is 0.707. The molecule has 1 N–H and O–H groups in total. The van der Waals surface area contributed by atoms with E-state index < -0.39 is 5.97 Å². The van der Waals surface area contributed by atoms with Crippen LogP contribution in [0.5, 0.6) is 0 Å². The highest BCUT2D eigenvalue weighted by atomic mass is 35.5. The van der Waals surface area contributed by atoms with E-state index in [1.54, 1.807) is 0 Å². The van der Waals surface area contributed by atoms with Gasteiger partial charge in [0.1, 0.15) is 0 Å². The van der Waals surface area contributed by atoms with Crippen LogP contribution in [0.2, 0.25) is 5.02 Å². The molecular weight excluding hydrogens is 286 g/mol. The second-order valence-electron chi connectivity index (χ2n) is 5.00. The number of halogens is 1. The Bertz CT molecular complexity index is 793. The maximum absolute atomic E-state index is 11.0. The fourth-order valence-corrected chi connectivity index (χ4v) is 2.73. The van der Waals surface area contributed by atoms with Gasteiger partial charge in [0, 0.05) is 28.7 Å². The van der Waals surface area contributed by atoms with E-state index >= 15 is 0 Å². The number of aliphatic carboxylic acids is 1. The Morgan fingerprint density at radius 1 is 1.14 bits per heavy atom. The molecular formula is C17H14ClNO2. The fraction of sp³-hybridized carbons (Fsp3) is 0.118. The second-order valence-corrected chi connectivity index (χ2v) is 5.44. The van der Waals surface area contributed by atoms with Crippen LogP contribution in [0.1, 0.15) is 11.1 Å². The van der Waals surface area contributed by atoms with Crippen LogP contribution >= 0.6 is 11.6 Å². The average molecular weight is 300 g/mol. The lowest BCUT2D eigenvalue weighted by molar-refractivity contribution is -0.136. The van der Waals surface area contributed by atoms with Crippen molar-refractivity contribution in [3.63, 3.8) is 0 Å². The minimum Gasteiger partial charge on any atom is -0.481 e. The highest BCUT2D eigenvalue weighted by Gasteiger charge is 2.12. The van der Waals surface area contributed by atoms with Gasteiger partial charge in [-0.1, -0.05) is 41.9 Å². The monoisotopic (exact) mass is 299 g/mol. The topological polar surface area (TPSA) is 42.2 Å². The number of carboxylic acid groups (broad SMARTS) is 1. The second kappa shape index (κ2) is 5.62. The molecule has 2 aromatic carbocycles. The number of hydrogen-bond acceptors (Lipinski definition) is 1. The molecule has 3 rings (SSSR count). The largest absolute Gasteiger partial charge is 0.481 e. The van der Waals surface area contributed by atoms with Crippen LogP contribution in [-0.4, -0.2) is 15.6 Å². The first-order valence-electron chi connectivity index (χ1n) is 6.66. The minimum absolute atomic E-state index is 0.00136. The third-order valence-corrected chi connectivity index (χ3v) is 3.70. The molecule has 0 aliphatic rings. The van der Waals surface area contributed by atoms with Gasteiger partial charge in [-0.15, -0.1) is 0 Å². The normalized spacial score (nSPS) is 10.9. The SMILES string of the molecule is O=C(O)Cc1cn(Cc2ccccc2)c2ccc(Cl)cc12. The van der Waals surface area contributed by atoms with E-state index in [2.05, 4.69) is 16.7 Å². The lowest BCUT2D eigenvalue weighted by Gasteiger charge is -2.05. The van der Waals surface area contributed by atoms with Crippen LogP contribution in [0.4, 0.5) is 0 Å². The molecule has 0 amide bonds. The van der Waals surface area contributed by atoms with Gasteiger partial charge < -0.3 is 9.67 Å². The van der Waals surface area contributed by atoms with Crippen molar-refractivity contribution in [1.82, 2.24) is 4.57 Å². The summed E-state index contributed by atoms with van der Waals surface area (Å²) in [5, 5.41) is 10.6. The molecule has 0 fully saturated rings. The third kappa shape index (κ3) is 2.93. The molecule has 0 aliphatic carbocycles. The number of fused-ring (bicyclic) bond motifs is 1. The summed E-state index contributed by atoms with van der Waals surface area (Å²) in [6.07, 6.45) is 1.90. The molecule has 0 saturated heterocycles. The summed E-state index contributed by atoms with van der Waals surface area (Å²) in [5.41, 5.74) is 2.96. The van der Waals surface area contributed by atoms with Crippen molar-refractivity contribution in [2.24, 2.45) is 0 Å². The third-order valence-electron chi connectivity index (χ3n) is 3.46. The first-order valence-corrected chi connectivity index (χ1v) is 7.04. The number of rotatable bonds is 4. The molecule has 4 heteroatoms. The summed E-state index contributed by atoms with van der Waals surface area (Å²) in [6, 6.07) is 15.7. The number of carbonyl (C=O) groups is 1. The van der Waals surface area contributed by atoms with Crippen LogP contribution in [-0.2, 0) is 17.8 Å². The van der Waals surface area contributed by atoms with Crippen molar-refractivity contribution in [3.8, 4) is 0 Å². The Kier molecular flexibility index (Phi) is 3.67. The van der Waals surface area contributed by atoms with Crippen molar-refractivity contribution in [1.29, 1.82) is 0 Å². The average Bonchev–Trinajstić information content (AvgIpc) is 2.77. The molecule has 3 nitrogen and oxygen atoms in total. The van der Waals surface area contributed by atoms with Gasteiger partial charge in [-0.2, -0.15) is 0 Å². The Morgan fingerprint density at radius 2 is 1.90 bits per heavy atom. The molecule has 1 heterocycles. The summed E-state index contributed by atoms with van der Waals surface area (Å²) < 4.78 is 2.07. The van der Waals surface area contributed by atoms with E-state index in [-0.39, 0.29) is 6.42 Å². The highest BCUT2D eigenvalue weighted by molar-refractivity contribution is 6.31. The molecule has 0 spiro atoms. The van der Waals surface area contributed by atoms with E-state index in [1.807, 2.05) is 42.6 Å². The lowest BCUT2D eigenvalue weighted by atomic mass is 10.1. The van der Waals surface area contributed by atoms with Crippen LogP contribution in [0.15, 0.2) is 54.7 Å². The number of nitrogens with zero attached hydrogens (tertiary/aromatic N) is 1. The quantitative estimate of drug-likeness (QED) is 0.792. The van der Waals surface area contributed by atoms with Crippen molar-refractivity contribution in [2.45, 2.75) is 13.0 Å². The molecule has 21 heavy (non-hydrogen) atoms. The van der Waals surface area contributed by atoms with E-state index in [0.29, 0.717) is 11.6 Å². The molecule has 0 atom stereocenters. The fourth-order valence-electron chi connectivity index (χ4n) is 2.56. The minimum atomic E-state index is -0.839. The number of benzene rings is 2. The predicted octanol–water partition coefficient (Wildman–Crippen LogP) is 3.97. The summed E-state index contributed by atoms with van der Waals surface area (Å²) >= 11 is 6.04. The van der Waals surface area contributed by atoms with Crippen molar-refractivity contribution >= 4 is 28.5 Å². The number of carboxylic acids is 1. The van der Waals surface area contributed by atoms with E-state index in [4.69, 9.17) is 16.7 Å². The summed E-state index contributed by atoms with van der Waals surface area (Å²) in [7, 11) is 0. The zero-order chi connectivity index (χ0) is 14.8. The molecule has 0 bridgehead atoms. The maximum Gasteiger partial charge on any atom is 0.307 e. The van der Waals surface area contributed by atoms with Crippen LogP contribution in [0.3, 0.4) is 0 Å². The lowest BCUT2D eigenvalue weighted by Crippen LogP contribution is -2.00. The molecule has 0 aliphatic heterocycles. The van der Waals surface area contributed by atoms with E-state index in [9.17, 15) is 4.79 Å². The first kappa shape index (κ1) is 13.7. The molecule has 1 aromatic heterocycles. The maximum atomic E-state index is 11.0. The van der Waals surface area contributed by atoms with E-state index in [1.165, 1.54) is 5.56 Å².